The highest BCUT2D eigenvalue weighted by atomic mass is 16.7. The van der Waals surface area contributed by atoms with Crippen molar-refractivity contribution in [1.82, 2.24) is 4.98 Å². The van der Waals surface area contributed by atoms with Crippen molar-refractivity contribution >= 4 is 23.1 Å². The smallest absolute Gasteiger partial charge is 0.255 e. The van der Waals surface area contributed by atoms with E-state index in [1.807, 2.05) is 44.2 Å². The molecule has 3 aromatic rings. The Morgan fingerprint density at radius 3 is 2.52 bits per heavy atom. The lowest BCUT2D eigenvalue weighted by Crippen LogP contribution is -2.12. The minimum absolute atomic E-state index is 0.184. The number of pyridine rings is 1. The molecular weight excluding hydrogens is 342 g/mol. The number of anilines is 3. The van der Waals surface area contributed by atoms with Crippen molar-refractivity contribution in [1.29, 1.82) is 0 Å². The molecule has 2 aromatic carbocycles. The minimum Gasteiger partial charge on any atom is -0.454 e. The molecule has 1 amide bonds. The molecule has 0 bridgehead atoms. The van der Waals surface area contributed by atoms with Crippen LogP contribution >= 0.6 is 0 Å². The minimum atomic E-state index is -0.184. The van der Waals surface area contributed by atoms with Gasteiger partial charge in [0.15, 0.2) is 11.5 Å². The van der Waals surface area contributed by atoms with Gasteiger partial charge < -0.3 is 20.1 Å². The van der Waals surface area contributed by atoms with Crippen molar-refractivity contribution in [2.24, 2.45) is 0 Å². The molecule has 6 heteroatoms. The van der Waals surface area contributed by atoms with Gasteiger partial charge in [0.05, 0.1) is 0 Å². The van der Waals surface area contributed by atoms with E-state index in [2.05, 4.69) is 21.7 Å². The second-order valence-electron chi connectivity index (χ2n) is 6.45. The number of nitrogens with one attached hydrogen (secondary N) is 2. The summed E-state index contributed by atoms with van der Waals surface area (Å²) in [5.74, 6) is 1.79. The SMILES string of the molecule is Cc1cc(C)cc(NC(=O)c2ccnc(Nc3ccc4c(c3)OCO4)c2)c1. The average molecular weight is 361 g/mol. The van der Waals surface area contributed by atoms with E-state index in [4.69, 9.17) is 9.47 Å². The van der Waals surface area contributed by atoms with E-state index >= 15 is 0 Å². The summed E-state index contributed by atoms with van der Waals surface area (Å²) in [5, 5.41) is 6.12. The van der Waals surface area contributed by atoms with Crippen molar-refractivity contribution in [2.75, 3.05) is 17.4 Å². The Kier molecular flexibility index (Phi) is 4.38. The molecule has 2 heterocycles. The van der Waals surface area contributed by atoms with Crippen molar-refractivity contribution in [3.63, 3.8) is 0 Å². The first kappa shape index (κ1) is 16.9. The zero-order valence-electron chi connectivity index (χ0n) is 15.1. The van der Waals surface area contributed by atoms with Crippen LogP contribution in [-0.4, -0.2) is 17.7 Å². The number of nitrogens with zero attached hydrogens (tertiary/aromatic N) is 1. The van der Waals surface area contributed by atoms with Gasteiger partial charge in [0.25, 0.3) is 5.91 Å². The van der Waals surface area contributed by atoms with Gasteiger partial charge in [-0.05, 0) is 61.4 Å². The monoisotopic (exact) mass is 361 g/mol. The molecule has 27 heavy (non-hydrogen) atoms. The number of hydrogen-bond acceptors (Lipinski definition) is 5. The van der Waals surface area contributed by atoms with E-state index in [1.165, 1.54) is 0 Å². The first-order valence-electron chi connectivity index (χ1n) is 8.59. The third kappa shape index (κ3) is 3.84. The maximum Gasteiger partial charge on any atom is 0.255 e. The fourth-order valence-electron chi connectivity index (χ4n) is 3.01. The quantitative estimate of drug-likeness (QED) is 0.719. The second kappa shape index (κ2) is 6.99. The molecule has 0 saturated carbocycles. The topological polar surface area (TPSA) is 72.5 Å². The number of hydrogen-bond donors (Lipinski definition) is 2. The van der Waals surface area contributed by atoms with Crippen LogP contribution in [0.5, 0.6) is 11.5 Å². The third-order valence-electron chi connectivity index (χ3n) is 4.15. The highest BCUT2D eigenvalue weighted by molar-refractivity contribution is 6.04. The number of aromatic nitrogens is 1. The second-order valence-corrected chi connectivity index (χ2v) is 6.45. The van der Waals surface area contributed by atoms with E-state index in [0.717, 1.165) is 28.3 Å². The molecule has 0 fully saturated rings. The zero-order chi connectivity index (χ0) is 18.8. The summed E-state index contributed by atoms with van der Waals surface area (Å²) in [7, 11) is 0. The highest BCUT2D eigenvalue weighted by Crippen LogP contribution is 2.34. The molecule has 1 aliphatic heterocycles. The standard InChI is InChI=1S/C21H19N3O3/c1-13-7-14(2)9-17(8-13)24-21(25)15-5-6-22-20(10-15)23-16-3-4-18-19(11-16)27-12-26-18/h3-11H,12H2,1-2H3,(H,22,23)(H,24,25). The van der Waals surface area contributed by atoms with Crippen LogP contribution in [0, 0.1) is 13.8 Å². The average Bonchev–Trinajstić information content (AvgIpc) is 3.09. The van der Waals surface area contributed by atoms with Gasteiger partial charge in [0.1, 0.15) is 5.82 Å². The van der Waals surface area contributed by atoms with E-state index < -0.39 is 0 Å². The molecule has 4 rings (SSSR count). The summed E-state index contributed by atoms with van der Waals surface area (Å²) in [6.07, 6.45) is 1.60. The normalized spacial score (nSPS) is 11.9. The van der Waals surface area contributed by atoms with Gasteiger partial charge >= 0.3 is 0 Å². The summed E-state index contributed by atoms with van der Waals surface area (Å²) in [5.41, 5.74) is 4.31. The molecule has 0 atom stereocenters. The van der Waals surface area contributed by atoms with E-state index in [9.17, 15) is 4.79 Å². The van der Waals surface area contributed by atoms with Gasteiger partial charge in [0.2, 0.25) is 6.79 Å². The lowest BCUT2D eigenvalue weighted by molar-refractivity contribution is 0.102. The number of benzene rings is 2. The number of aryl methyl sites for hydroxylation is 2. The zero-order valence-corrected chi connectivity index (χ0v) is 15.1. The van der Waals surface area contributed by atoms with Crippen LogP contribution in [0.4, 0.5) is 17.2 Å². The number of amides is 1. The van der Waals surface area contributed by atoms with Crippen molar-refractivity contribution in [3.05, 3.63) is 71.4 Å². The van der Waals surface area contributed by atoms with E-state index in [0.29, 0.717) is 17.1 Å². The summed E-state index contributed by atoms with van der Waals surface area (Å²) >= 11 is 0. The Labute approximate surface area is 157 Å². The van der Waals surface area contributed by atoms with Crippen LogP contribution in [0.1, 0.15) is 21.5 Å². The van der Waals surface area contributed by atoms with Crippen LogP contribution < -0.4 is 20.1 Å². The number of fused-ring (bicyclic) bond motifs is 1. The van der Waals surface area contributed by atoms with Gasteiger partial charge in [-0.2, -0.15) is 0 Å². The van der Waals surface area contributed by atoms with Crippen molar-refractivity contribution in [3.8, 4) is 11.5 Å². The maximum atomic E-state index is 12.6. The molecule has 0 radical (unpaired) electrons. The van der Waals surface area contributed by atoms with Gasteiger partial charge in [0, 0.05) is 29.2 Å². The fraction of sp³-hybridized carbons (Fsp3) is 0.143. The molecule has 1 aliphatic rings. The van der Waals surface area contributed by atoms with Crippen molar-refractivity contribution in [2.45, 2.75) is 13.8 Å². The predicted molar refractivity (Wildman–Crippen MR) is 104 cm³/mol. The highest BCUT2D eigenvalue weighted by Gasteiger charge is 2.14. The fourth-order valence-corrected chi connectivity index (χ4v) is 3.01. The van der Waals surface area contributed by atoms with Gasteiger partial charge in [-0.3, -0.25) is 4.79 Å². The summed E-state index contributed by atoms with van der Waals surface area (Å²) in [6, 6.07) is 14.9. The number of carbonyl (C=O) groups is 1. The van der Waals surface area contributed by atoms with Gasteiger partial charge in [-0.25, -0.2) is 4.98 Å². The Balaban J connectivity index is 1.50. The molecule has 1 aromatic heterocycles. The lowest BCUT2D eigenvalue weighted by Gasteiger charge is -2.10. The molecular formula is C21H19N3O3. The number of rotatable bonds is 4. The molecule has 0 spiro atoms. The number of ether oxygens (including phenoxy) is 2. The molecule has 2 N–H and O–H groups in total. The Hall–Kier alpha value is -3.54. The molecule has 0 saturated heterocycles. The van der Waals surface area contributed by atoms with Crippen LogP contribution in [0.15, 0.2) is 54.7 Å². The predicted octanol–water partition coefficient (Wildman–Crippen LogP) is 4.42. The lowest BCUT2D eigenvalue weighted by atomic mass is 10.1. The Morgan fingerprint density at radius 1 is 0.926 bits per heavy atom. The van der Waals surface area contributed by atoms with Crippen LogP contribution in [0.2, 0.25) is 0 Å². The first-order valence-corrected chi connectivity index (χ1v) is 8.59. The maximum absolute atomic E-state index is 12.6. The Bertz CT molecular complexity index is 997. The first-order chi connectivity index (χ1) is 13.1. The van der Waals surface area contributed by atoms with Gasteiger partial charge in [-0.15, -0.1) is 0 Å². The molecule has 0 unspecified atom stereocenters. The summed E-state index contributed by atoms with van der Waals surface area (Å²) < 4.78 is 10.7. The van der Waals surface area contributed by atoms with Crippen molar-refractivity contribution < 1.29 is 14.3 Å². The Morgan fingerprint density at radius 2 is 1.70 bits per heavy atom. The largest absolute Gasteiger partial charge is 0.454 e. The molecule has 6 nitrogen and oxygen atoms in total. The van der Waals surface area contributed by atoms with Crippen LogP contribution in [-0.2, 0) is 0 Å². The van der Waals surface area contributed by atoms with E-state index in [1.54, 1.807) is 18.3 Å². The van der Waals surface area contributed by atoms with Gasteiger partial charge in [-0.1, -0.05) is 6.07 Å². The van der Waals surface area contributed by atoms with Crippen LogP contribution in [0.25, 0.3) is 0 Å². The third-order valence-corrected chi connectivity index (χ3v) is 4.15. The van der Waals surface area contributed by atoms with E-state index in [-0.39, 0.29) is 12.7 Å². The summed E-state index contributed by atoms with van der Waals surface area (Å²) in [6.45, 7) is 4.23. The van der Waals surface area contributed by atoms with Crippen LogP contribution in [0.3, 0.4) is 0 Å². The summed E-state index contributed by atoms with van der Waals surface area (Å²) in [4.78, 5) is 16.9. The number of carbonyl (C=O) groups excluding carboxylic acids is 1. The molecule has 136 valence electrons. The molecule has 0 aliphatic carbocycles.